The summed E-state index contributed by atoms with van der Waals surface area (Å²) in [5, 5.41) is 2.87. The minimum atomic E-state index is -0.794. The van der Waals surface area contributed by atoms with E-state index in [1.165, 1.54) is 42.1 Å². The van der Waals surface area contributed by atoms with Crippen LogP contribution in [0.4, 0.5) is 8.78 Å². The maximum absolute atomic E-state index is 14.3. The van der Waals surface area contributed by atoms with E-state index in [0.29, 0.717) is 12.0 Å². The van der Waals surface area contributed by atoms with E-state index in [-0.39, 0.29) is 34.8 Å². The molecule has 1 N–H and O–H groups in total. The van der Waals surface area contributed by atoms with E-state index in [4.69, 9.17) is 0 Å². The van der Waals surface area contributed by atoms with Crippen LogP contribution in [0.25, 0.3) is 11.1 Å². The lowest BCUT2D eigenvalue weighted by Gasteiger charge is -2.25. The lowest BCUT2D eigenvalue weighted by molar-refractivity contribution is -0.126. The third-order valence-corrected chi connectivity index (χ3v) is 5.66. The number of benzene rings is 1. The summed E-state index contributed by atoms with van der Waals surface area (Å²) in [7, 11) is 0. The fourth-order valence-electron chi connectivity index (χ4n) is 4.01. The third-order valence-electron chi connectivity index (χ3n) is 5.66. The molecule has 0 spiro atoms. The van der Waals surface area contributed by atoms with Crippen LogP contribution < -0.4 is 10.9 Å². The number of carbonyl (C=O) groups is 2. The zero-order valence-electron chi connectivity index (χ0n) is 20.2. The van der Waals surface area contributed by atoms with Gasteiger partial charge in [0.1, 0.15) is 23.5 Å². The van der Waals surface area contributed by atoms with Gasteiger partial charge in [-0.2, -0.15) is 0 Å². The number of amides is 1. The fourth-order valence-corrected chi connectivity index (χ4v) is 4.01. The normalized spacial score (nSPS) is 12.9. The van der Waals surface area contributed by atoms with E-state index in [0.717, 1.165) is 17.7 Å². The summed E-state index contributed by atoms with van der Waals surface area (Å²) in [6.45, 7) is 7.08. The van der Waals surface area contributed by atoms with Crippen molar-refractivity contribution in [3.05, 3.63) is 88.1 Å². The fraction of sp³-hybridized carbons (Fsp3) is 0.333. The Bertz CT molecular complexity index is 1270. The lowest BCUT2D eigenvalue weighted by atomic mass is 9.97. The van der Waals surface area contributed by atoms with Gasteiger partial charge in [0, 0.05) is 36.6 Å². The van der Waals surface area contributed by atoms with Crippen molar-refractivity contribution >= 4 is 11.7 Å². The number of aromatic nitrogens is 2. The van der Waals surface area contributed by atoms with Crippen LogP contribution in [0.5, 0.6) is 0 Å². The summed E-state index contributed by atoms with van der Waals surface area (Å²) in [6, 6.07) is 6.71. The number of pyridine rings is 2. The number of hydrogen-bond donors (Lipinski definition) is 1. The lowest BCUT2D eigenvalue weighted by Crippen LogP contribution is -2.40. The first-order chi connectivity index (χ1) is 16.6. The van der Waals surface area contributed by atoms with Gasteiger partial charge in [-0.25, -0.2) is 8.78 Å². The first-order valence-electron chi connectivity index (χ1n) is 11.4. The van der Waals surface area contributed by atoms with Crippen LogP contribution >= 0.6 is 0 Å². The van der Waals surface area contributed by atoms with Gasteiger partial charge in [0.05, 0.1) is 11.6 Å². The number of nitrogens with zero attached hydrogens (tertiary/aromatic N) is 2. The molecule has 3 rings (SSSR count). The zero-order chi connectivity index (χ0) is 25.7. The maximum Gasteiger partial charge on any atom is 0.251 e. The molecule has 3 aromatic rings. The molecule has 0 saturated heterocycles. The van der Waals surface area contributed by atoms with Crippen molar-refractivity contribution < 1.29 is 18.4 Å². The van der Waals surface area contributed by atoms with Crippen molar-refractivity contribution in [1.29, 1.82) is 0 Å². The Balaban J connectivity index is 1.98. The molecular weight excluding hydrogens is 452 g/mol. The van der Waals surface area contributed by atoms with Gasteiger partial charge < -0.3 is 9.88 Å². The minimum Gasteiger partial charge on any atom is -0.347 e. The monoisotopic (exact) mass is 481 g/mol. The van der Waals surface area contributed by atoms with Gasteiger partial charge >= 0.3 is 0 Å². The van der Waals surface area contributed by atoms with Crippen LogP contribution in [0.3, 0.4) is 0 Å². The predicted octanol–water partition coefficient (Wildman–Crippen LogP) is 4.92. The molecule has 8 heteroatoms. The van der Waals surface area contributed by atoms with E-state index in [1.54, 1.807) is 19.2 Å². The second-order valence-corrected chi connectivity index (χ2v) is 9.17. The Morgan fingerprint density at radius 2 is 1.77 bits per heavy atom. The van der Waals surface area contributed by atoms with Crippen molar-refractivity contribution in [1.82, 2.24) is 14.9 Å². The molecule has 0 aliphatic carbocycles. The number of aryl methyl sites for hydroxylation is 1. The molecule has 0 bridgehead atoms. The van der Waals surface area contributed by atoms with Crippen molar-refractivity contribution in [2.24, 2.45) is 5.92 Å². The summed E-state index contributed by atoms with van der Waals surface area (Å²) >= 11 is 0. The van der Waals surface area contributed by atoms with Gasteiger partial charge in [-0.3, -0.25) is 19.4 Å². The van der Waals surface area contributed by atoms with Gasteiger partial charge in [0.25, 0.3) is 5.56 Å². The van der Waals surface area contributed by atoms with Gasteiger partial charge in [0.2, 0.25) is 5.91 Å². The average molecular weight is 482 g/mol. The average Bonchev–Trinajstić information content (AvgIpc) is 2.77. The summed E-state index contributed by atoms with van der Waals surface area (Å²) in [6.07, 6.45) is 4.72. The standard InChI is InChI=1S/C27H29F2N3O3/c1-16(2)10-24(32-9-8-17(3)11-25(32)34)27(35)31-23(12-18(4)33)19-13-20(15-30-14-19)26-21(28)6-5-7-22(26)29/h5-9,11,13-16,23-24H,10,12H2,1-4H3,(H,31,35)/t23-,24?/m0/s1. The van der Waals surface area contributed by atoms with Crippen LogP contribution in [0.2, 0.25) is 0 Å². The minimum absolute atomic E-state index is 0.0478. The first-order valence-corrected chi connectivity index (χ1v) is 11.4. The highest BCUT2D eigenvalue weighted by molar-refractivity contribution is 5.82. The molecule has 0 aliphatic heterocycles. The van der Waals surface area contributed by atoms with Gasteiger partial charge in [0.15, 0.2) is 0 Å². The molecule has 0 fully saturated rings. The summed E-state index contributed by atoms with van der Waals surface area (Å²) in [4.78, 5) is 42.2. The largest absolute Gasteiger partial charge is 0.347 e. The molecular formula is C27H29F2N3O3. The van der Waals surface area contributed by atoms with Crippen LogP contribution in [0.15, 0.2) is 59.8 Å². The van der Waals surface area contributed by atoms with Crippen LogP contribution in [-0.2, 0) is 9.59 Å². The molecule has 1 aromatic carbocycles. The second kappa shape index (κ2) is 11.2. The highest BCUT2D eigenvalue weighted by Crippen LogP contribution is 2.29. The number of nitrogens with one attached hydrogen (secondary N) is 1. The van der Waals surface area contributed by atoms with Gasteiger partial charge in [-0.1, -0.05) is 19.9 Å². The number of carbonyl (C=O) groups excluding carboxylic acids is 2. The Labute approximate surface area is 203 Å². The van der Waals surface area contributed by atoms with Gasteiger partial charge in [-0.15, -0.1) is 0 Å². The topological polar surface area (TPSA) is 81.1 Å². The Hall–Kier alpha value is -3.68. The summed E-state index contributed by atoms with van der Waals surface area (Å²) in [5.41, 5.74) is 0.863. The smallest absolute Gasteiger partial charge is 0.251 e. The van der Waals surface area contributed by atoms with Crippen LogP contribution in [-0.4, -0.2) is 21.2 Å². The van der Waals surface area contributed by atoms with Gasteiger partial charge in [-0.05, 0) is 61.6 Å². The molecule has 0 aliphatic rings. The van der Waals surface area contributed by atoms with Crippen molar-refractivity contribution in [2.45, 2.75) is 52.6 Å². The van der Waals surface area contributed by atoms with E-state index >= 15 is 0 Å². The SMILES string of the molecule is CC(=O)C[C@H](NC(=O)C(CC(C)C)n1ccc(C)cc1=O)c1cncc(-c2c(F)cccc2F)c1. The summed E-state index contributed by atoms with van der Waals surface area (Å²) in [5.74, 6) is -2.00. The molecule has 2 aromatic heterocycles. The van der Waals surface area contributed by atoms with Crippen molar-refractivity contribution in [3.8, 4) is 11.1 Å². The summed E-state index contributed by atoms with van der Waals surface area (Å²) < 4.78 is 30.1. The number of rotatable bonds is 9. The van der Waals surface area contributed by atoms with Crippen molar-refractivity contribution in [3.63, 3.8) is 0 Å². The third kappa shape index (κ3) is 6.47. The number of hydrogen-bond acceptors (Lipinski definition) is 4. The van der Waals surface area contributed by atoms with Crippen LogP contribution in [0, 0.1) is 24.5 Å². The molecule has 35 heavy (non-hydrogen) atoms. The molecule has 1 unspecified atom stereocenters. The maximum atomic E-state index is 14.3. The van der Waals surface area contributed by atoms with E-state index in [9.17, 15) is 23.2 Å². The van der Waals surface area contributed by atoms with Crippen LogP contribution in [0.1, 0.15) is 56.8 Å². The molecule has 2 heterocycles. The first kappa shape index (κ1) is 25.9. The quantitative estimate of drug-likeness (QED) is 0.470. The van der Waals surface area contributed by atoms with E-state index < -0.39 is 29.6 Å². The molecule has 6 nitrogen and oxygen atoms in total. The Kier molecular flexibility index (Phi) is 8.27. The molecule has 1 amide bonds. The predicted molar refractivity (Wildman–Crippen MR) is 130 cm³/mol. The molecule has 0 radical (unpaired) electrons. The second-order valence-electron chi connectivity index (χ2n) is 9.17. The van der Waals surface area contributed by atoms with E-state index in [2.05, 4.69) is 10.3 Å². The highest BCUT2D eigenvalue weighted by atomic mass is 19.1. The molecule has 0 saturated carbocycles. The van der Waals surface area contributed by atoms with E-state index in [1.807, 2.05) is 13.8 Å². The number of Topliss-reactive ketones (excluding diaryl/α,β-unsaturated/α-hetero) is 1. The molecule has 184 valence electrons. The van der Waals surface area contributed by atoms with Crippen molar-refractivity contribution in [2.75, 3.05) is 0 Å². The Morgan fingerprint density at radius 3 is 2.37 bits per heavy atom. The number of ketones is 1. The molecule has 2 atom stereocenters. The number of halogens is 2. The highest BCUT2D eigenvalue weighted by Gasteiger charge is 2.27. The zero-order valence-corrected chi connectivity index (χ0v) is 20.2. The Morgan fingerprint density at radius 1 is 1.09 bits per heavy atom.